The van der Waals surface area contributed by atoms with Gasteiger partial charge in [0.25, 0.3) is 0 Å². The average molecular weight is 414 g/mol. The molecule has 8 heteroatoms. The molecular formula is C19H28ClN3O3S. The first-order valence-corrected chi connectivity index (χ1v) is 10.7. The van der Waals surface area contributed by atoms with Gasteiger partial charge in [0.1, 0.15) is 0 Å². The van der Waals surface area contributed by atoms with Gasteiger partial charge in [-0.25, -0.2) is 13.4 Å². The summed E-state index contributed by atoms with van der Waals surface area (Å²) in [7, 11) is -2.06. The molecule has 150 valence electrons. The number of pyridine rings is 1. The highest BCUT2D eigenvalue weighted by Gasteiger charge is 2.33. The van der Waals surface area contributed by atoms with Crippen molar-refractivity contribution in [3.05, 3.63) is 30.5 Å². The van der Waals surface area contributed by atoms with Crippen molar-refractivity contribution >= 4 is 33.2 Å². The summed E-state index contributed by atoms with van der Waals surface area (Å²) >= 11 is 0. The third-order valence-corrected chi connectivity index (χ3v) is 6.93. The normalized spacial score (nSPS) is 18.7. The first-order chi connectivity index (χ1) is 12.6. The van der Waals surface area contributed by atoms with Gasteiger partial charge in [-0.05, 0) is 37.6 Å². The predicted octanol–water partition coefficient (Wildman–Crippen LogP) is 3.21. The molecule has 1 aliphatic rings. The summed E-state index contributed by atoms with van der Waals surface area (Å²) in [4.78, 5) is 4.52. The zero-order valence-electron chi connectivity index (χ0n) is 15.8. The summed E-state index contributed by atoms with van der Waals surface area (Å²) < 4.78 is 34.1. The Kier molecular flexibility index (Phi) is 7.85. The number of methoxy groups -OCH3 is 1. The van der Waals surface area contributed by atoms with Crippen LogP contribution in [0.4, 0.5) is 0 Å². The molecule has 1 fully saturated rings. The highest BCUT2D eigenvalue weighted by atomic mass is 35.5. The van der Waals surface area contributed by atoms with E-state index in [1.165, 1.54) is 0 Å². The second kappa shape index (κ2) is 9.68. The number of unbranched alkanes of at least 4 members (excludes halogenated alkanes) is 1. The largest absolute Gasteiger partial charge is 0.481 e. The molecule has 0 saturated carbocycles. The van der Waals surface area contributed by atoms with Crippen LogP contribution in [-0.4, -0.2) is 50.5 Å². The lowest BCUT2D eigenvalue weighted by molar-refractivity contribution is 0.313. The number of sulfonamides is 1. The maximum absolute atomic E-state index is 13.6. The monoisotopic (exact) mass is 413 g/mol. The van der Waals surface area contributed by atoms with Crippen molar-refractivity contribution in [1.82, 2.24) is 14.6 Å². The van der Waals surface area contributed by atoms with Crippen LogP contribution in [0.1, 0.15) is 32.6 Å². The first-order valence-electron chi connectivity index (χ1n) is 9.24. The molecular weight excluding hydrogens is 386 g/mol. The second-order valence-electron chi connectivity index (χ2n) is 6.64. The van der Waals surface area contributed by atoms with Crippen LogP contribution in [0.25, 0.3) is 10.8 Å². The van der Waals surface area contributed by atoms with E-state index in [9.17, 15) is 8.42 Å². The summed E-state index contributed by atoms with van der Waals surface area (Å²) in [6, 6.07) is 7.03. The quantitative estimate of drug-likeness (QED) is 0.787. The minimum Gasteiger partial charge on any atom is -0.481 e. The van der Waals surface area contributed by atoms with Gasteiger partial charge in [0, 0.05) is 36.1 Å². The Morgan fingerprint density at radius 1 is 1.30 bits per heavy atom. The van der Waals surface area contributed by atoms with Gasteiger partial charge in [0.05, 0.1) is 12.0 Å². The van der Waals surface area contributed by atoms with Crippen molar-refractivity contribution in [2.45, 2.75) is 43.5 Å². The molecule has 3 rings (SSSR count). The van der Waals surface area contributed by atoms with E-state index in [2.05, 4.69) is 17.2 Å². The van der Waals surface area contributed by atoms with Crippen LogP contribution in [0.3, 0.4) is 0 Å². The Hall–Kier alpha value is -1.41. The van der Waals surface area contributed by atoms with Crippen molar-refractivity contribution in [2.24, 2.45) is 0 Å². The number of halogens is 1. The van der Waals surface area contributed by atoms with Crippen molar-refractivity contribution in [1.29, 1.82) is 0 Å². The molecule has 0 spiro atoms. The lowest BCUT2D eigenvalue weighted by Crippen LogP contribution is -2.43. The number of nitrogens with zero attached hydrogens (tertiary/aromatic N) is 2. The first kappa shape index (κ1) is 21.9. The SMILES string of the molecule is CCCCC1CNCCCN1S(=O)(=O)c1cccc2c(OC)nccc12.Cl. The molecule has 0 bridgehead atoms. The summed E-state index contributed by atoms with van der Waals surface area (Å²) in [5, 5.41) is 4.75. The van der Waals surface area contributed by atoms with Crippen molar-refractivity contribution in [2.75, 3.05) is 26.7 Å². The van der Waals surface area contributed by atoms with Gasteiger partial charge in [-0.1, -0.05) is 25.8 Å². The molecule has 1 N–H and O–H groups in total. The van der Waals surface area contributed by atoms with Gasteiger partial charge < -0.3 is 10.1 Å². The molecule has 1 atom stereocenters. The topological polar surface area (TPSA) is 71.5 Å². The number of nitrogens with one attached hydrogen (secondary N) is 1. The third kappa shape index (κ3) is 4.54. The maximum Gasteiger partial charge on any atom is 0.243 e. The molecule has 6 nitrogen and oxygen atoms in total. The van der Waals surface area contributed by atoms with Gasteiger partial charge in [-0.3, -0.25) is 0 Å². The Morgan fingerprint density at radius 2 is 2.11 bits per heavy atom. The number of fused-ring (bicyclic) bond motifs is 1. The number of aromatic nitrogens is 1. The van der Waals surface area contributed by atoms with Gasteiger partial charge in [-0.2, -0.15) is 4.31 Å². The van der Waals surface area contributed by atoms with Crippen LogP contribution in [-0.2, 0) is 10.0 Å². The Bertz CT molecular complexity index is 860. The van der Waals surface area contributed by atoms with E-state index in [4.69, 9.17) is 4.74 Å². The summed E-state index contributed by atoms with van der Waals surface area (Å²) in [6.45, 7) is 4.23. The van der Waals surface area contributed by atoms with Gasteiger partial charge >= 0.3 is 0 Å². The van der Waals surface area contributed by atoms with Crippen LogP contribution < -0.4 is 10.1 Å². The fourth-order valence-electron chi connectivity index (χ4n) is 3.58. The molecule has 1 unspecified atom stereocenters. The molecule has 2 aromatic rings. The third-order valence-electron chi connectivity index (χ3n) is 4.92. The summed E-state index contributed by atoms with van der Waals surface area (Å²) in [6.07, 6.45) is 5.36. The van der Waals surface area contributed by atoms with E-state index in [-0.39, 0.29) is 18.4 Å². The van der Waals surface area contributed by atoms with Gasteiger partial charge in [-0.15, -0.1) is 12.4 Å². The van der Waals surface area contributed by atoms with Crippen LogP contribution >= 0.6 is 12.4 Å². The van der Waals surface area contributed by atoms with Crippen LogP contribution in [0.2, 0.25) is 0 Å². The average Bonchev–Trinajstić information content (AvgIpc) is 2.91. The van der Waals surface area contributed by atoms with Crippen LogP contribution in [0.15, 0.2) is 35.4 Å². The smallest absolute Gasteiger partial charge is 0.243 e. The number of benzene rings is 1. The minimum absolute atomic E-state index is 0. The predicted molar refractivity (Wildman–Crippen MR) is 110 cm³/mol. The lowest BCUT2D eigenvalue weighted by Gasteiger charge is -2.29. The van der Waals surface area contributed by atoms with Gasteiger partial charge in [0.2, 0.25) is 15.9 Å². The van der Waals surface area contributed by atoms with E-state index in [1.54, 1.807) is 35.8 Å². The maximum atomic E-state index is 13.6. The van der Waals surface area contributed by atoms with Crippen molar-refractivity contribution in [3.63, 3.8) is 0 Å². The van der Waals surface area contributed by atoms with E-state index < -0.39 is 10.0 Å². The summed E-state index contributed by atoms with van der Waals surface area (Å²) in [5.74, 6) is 0.444. The highest BCUT2D eigenvalue weighted by Crippen LogP contribution is 2.31. The number of rotatable bonds is 6. The van der Waals surface area contributed by atoms with Crippen molar-refractivity contribution in [3.8, 4) is 5.88 Å². The van der Waals surface area contributed by atoms with Gasteiger partial charge in [0.15, 0.2) is 0 Å². The lowest BCUT2D eigenvalue weighted by atomic mass is 10.1. The molecule has 1 aromatic heterocycles. The molecule has 1 saturated heterocycles. The molecule has 1 aliphatic heterocycles. The number of hydrogen-bond donors (Lipinski definition) is 1. The Balaban J connectivity index is 0.00000261. The zero-order valence-corrected chi connectivity index (χ0v) is 17.5. The Labute approximate surface area is 167 Å². The van der Waals surface area contributed by atoms with Crippen molar-refractivity contribution < 1.29 is 13.2 Å². The zero-order chi connectivity index (χ0) is 18.6. The molecule has 0 aliphatic carbocycles. The Morgan fingerprint density at radius 3 is 2.85 bits per heavy atom. The van der Waals surface area contributed by atoms with E-state index in [1.807, 2.05) is 6.07 Å². The fraction of sp³-hybridized carbons (Fsp3) is 0.526. The molecule has 0 amide bonds. The molecule has 2 heterocycles. The number of hydrogen-bond acceptors (Lipinski definition) is 5. The summed E-state index contributed by atoms with van der Waals surface area (Å²) in [5.41, 5.74) is 0. The molecule has 27 heavy (non-hydrogen) atoms. The highest BCUT2D eigenvalue weighted by molar-refractivity contribution is 7.89. The molecule has 0 radical (unpaired) electrons. The van der Waals surface area contributed by atoms with Crippen LogP contribution in [0.5, 0.6) is 5.88 Å². The second-order valence-corrected chi connectivity index (χ2v) is 8.50. The standard InChI is InChI=1S/C19H27N3O3S.ClH/c1-3-4-7-15-14-20-11-6-13-22(15)26(23,24)18-9-5-8-17-16(18)10-12-21-19(17)25-2;/h5,8-10,12,15,20H,3-4,6-7,11,13-14H2,1-2H3;1H. The fourth-order valence-corrected chi connectivity index (χ4v) is 5.48. The van der Waals surface area contributed by atoms with E-state index in [0.717, 1.165) is 32.2 Å². The minimum atomic E-state index is -3.61. The molecule has 1 aromatic carbocycles. The van der Waals surface area contributed by atoms with Crippen LogP contribution in [0, 0.1) is 0 Å². The number of ether oxygens (including phenoxy) is 1. The van der Waals surface area contributed by atoms with E-state index >= 15 is 0 Å². The van der Waals surface area contributed by atoms with E-state index in [0.29, 0.717) is 34.6 Å².